The second-order valence-electron chi connectivity index (χ2n) is 5.89. The molecule has 1 unspecified atom stereocenters. The van der Waals surface area contributed by atoms with E-state index in [1.54, 1.807) is 30.3 Å². The highest BCUT2D eigenvalue weighted by atomic mass is 16.7. The maximum Gasteiger partial charge on any atom is 0.333 e. The van der Waals surface area contributed by atoms with E-state index in [-0.39, 0.29) is 0 Å². The van der Waals surface area contributed by atoms with Crippen LogP contribution in [0.2, 0.25) is 0 Å². The first-order valence-electron chi connectivity index (χ1n) is 8.88. The first-order chi connectivity index (χ1) is 12.7. The number of esters is 1. The molecule has 3 heteroatoms. The quantitative estimate of drug-likeness (QED) is 0.205. The number of rotatable bonds is 9. The van der Waals surface area contributed by atoms with Crippen molar-refractivity contribution < 1.29 is 14.3 Å². The van der Waals surface area contributed by atoms with E-state index in [2.05, 4.69) is 12.8 Å². The van der Waals surface area contributed by atoms with Crippen LogP contribution in [0.5, 0.6) is 5.75 Å². The maximum atomic E-state index is 12.1. The van der Waals surface area contributed by atoms with Crippen LogP contribution in [-0.2, 0) is 9.53 Å². The molecule has 0 bridgehead atoms. The Hall–Kier alpha value is -2.99. The van der Waals surface area contributed by atoms with Crippen molar-refractivity contribution in [2.24, 2.45) is 0 Å². The lowest BCUT2D eigenvalue weighted by molar-refractivity contribution is -0.158. The lowest BCUT2D eigenvalue weighted by Crippen LogP contribution is -2.23. The standard InChI is InChI=1S/C23H24O3/c1-3-5-7-12-23(25-21-16-13-19(4-2)14-17-21)26-22(24)18-15-20-10-8-6-9-11-20/h2,6,8-11,13-18,23H,3,5,7,12H2,1H3/b18-15+. The minimum absolute atomic E-state index is 0.421. The van der Waals surface area contributed by atoms with E-state index in [1.807, 2.05) is 30.3 Å². The summed E-state index contributed by atoms with van der Waals surface area (Å²) in [6, 6.07) is 16.8. The molecule has 0 fully saturated rings. The topological polar surface area (TPSA) is 35.5 Å². The lowest BCUT2D eigenvalue weighted by atomic mass is 10.2. The molecule has 0 heterocycles. The fourth-order valence-corrected chi connectivity index (χ4v) is 2.38. The normalized spacial score (nSPS) is 11.7. The molecule has 0 aromatic heterocycles. The molecule has 0 aliphatic carbocycles. The van der Waals surface area contributed by atoms with Crippen molar-refractivity contribution in [2.75, 3.05) is 0 Å². The third-order valence-corrected chi connectivity index (χ3v) is 3.79. The first-order valence-corrected chi connectivity index (χ1v) is 8.88. The van der Waals surface area contributed by atoms with Crippen LogP contribution in [0.15, 0.2) is 60.7 Å². The molecule has 134 valence electrons. The second-order valence-corrected chi connectivity index (χ2v) is 5.89. The highest BCUT2D eigenvalue weighted by Crippen LogP contribution is 2.17. The van der Waals surface area contributed by atoms with Gasteiger partial charge in [-0.25, -0.2) is 4.79 Å². The van der Waals surface area contributed by atoms with Crippen molar-refractivity contribution in [3.05, 3.63) is 71.8 Å². The van der Waals surface area contributed by atoms with Crippen LogP contribution in [0.4, 0.5) is 0 Å². The average molecular weight is 348 g/mol. The van der Waals surface area contributed by atoms with E-state index in [9.17, 15) is 4.79 Å². The van der Waals surface area contributed by atoms with Gasteiger partial charge in [-0.3, -0.25) is 0 Å². The Labute approximate surface area is 155 Å². The summed E-state index contributed by atoms with van der Waals surface area (Å²) in [5, 5.41) is 0. The molecule has 1 atom stereocenters. The smallest absolute Gasteiger partial charge is 0.333 e. The maximum absolute atomic E-state index is 12.1. The van der Waals surface area contributed by atoms with Crippen LogP contribution in [-0.4, -0.2) is 12.3 Å². The van der Waals surface area contributed by atoms with Crippen molar-refractivity contribution in [3.63, 3.8) is 0 Å². The Bertz CT molecular complexity index is 739. The van der Waals surface area contributed by atoms with Gasteiger partial charge in [0.15, 0.2) is 0 Å². The molecule has 0 amide bonds. The van der Waals surface area contributed by atoms with E-state index in [4.69, 9.17) is 15.9 Å². The van der Waals surface area contributed by atoms with Gasteiger partial charge in [0.2, 0.25) is 6.29 Å². The minimum atomic E-state index is -0.619. The van der Waals surface area contributed by atoms with Gasteiger partial charge in [0, 0.05) is 18.1 Å². The molecule has 0 N–H and O–H groups in total. The van der Waals surface area contributed by atoms with Crippen LogP contribution in [0, 0.1) is 12.3 Å². The minimum Gasteiger partial charge on any atom is -0.455 e. The van der Waals surface area contributed by atoms with Gasteiger partial charge in [-0.2, -0.15) is 0 Å². The molecular weight excluding hydrogens is 324 g/mol. The summed E-state index contributed by atoms with van der Waals surface area (Å²) in [7, 11) is 0. The Kier molecular flexibility index (Phi) is 8.02. The van der Waals surface area contributed by atoms with Crippen LogP contribution in [0.25, 0.3) is 6.08 Å². The highest BCUT2D eigenvalue weighted by molar-refractivity contribution is 5.87. The monoisotopic (exact) mass is 348 g/mol. The van der Waals surface area contributed by atoms with Gasteiger partial charge in [-0.05, 0) is 42.3 Å². The molecule has 26 heavy (non-hydrogen) atoms. The molecule has 0 saturated heterocycles. The number of benzene rings is 2. The van der Waals surface area contributed by atoms with E-state index >= 15 is 0 Å². The van der Waals surface area contributed by atoms with Gasteiger partial charge in [0.1, 0.15) is 5.75 Å². The van der Waals surface area contributed by atoms with Gasteiger partial charge in [0.25, 0.3) is 0 Å². The molecular formula is C23H24O3. The fourth-order valence-electron chi connectivity index (χ4n) is 2.38. The Morgan fingerprint density at radius 1 is 1.12 bits per heavy atom. The second kappa shape index (κ2) is 10.8. The highest BCUT2D eigenvalue weighted by Gasteiger charge is 2.14. The number of unbranched alkanes of at least 4 members (excludes halogenated alkanes) is 2. The van der Waals surface area contributed by atoms with E-state index in [1.165, 1.54) is 6.08 Å². The molecule has 2 aromatic rings. The first kappa shape index (κ1) is 19.3. The molecule has 2 aromatic carbocycles. The Morgan fingerprint density at radius 2 is 1.85 bits per heavy atom. The molecule has 0 spiro atoms. The van der Waals surface area contributed by atoms with Crippen LogP contribution >= 0.6 is 0 Å². The molecule has 0 saturated carbocycles. The number of carbonyl (C=O) groups excluding carboxylic acids is 1. The summed E-state index contributed by atoms with van der Waals surface area (Å²) in [4.78, 5) is 12.1. The van der Waals surface area contributed by atoms with Gasteiger partial charge >= 0.3 is 5.97 Å². The van der Waals surface area contributed by atoms with Gasteiger partial charge in [0.05, 0.1) is 0 Å². The van der Waals surface area contributed by atoms with E-state index in [0.717, 1.165) is 30.4 Å². The zero-order chi connectivity index (χ0) is 18.6. The number of ether oxygens (including phenoxy) is 2. The zero-order valence-electron chi connectivity index (χ0n) is 15.1. The van der Waals surface area contributed by atoms with Gasteiger partial charge in [-0.1, -0.05) is 56.0 Å². The van der Waals surface area contributed by atoms with Crippen molar-refractivity contribution in [1.82, 2.24) is 0 Å². The Balaban J connectivity index is 1.97. The van der Waals surface area contributed by atoms with Crippen LogP contribution in [0.3, 0.4) is 0 Å². The largest absolute Gasteiger partial charge is 0.455 e. The van der Waals surface area contributed by atoms with Gasteiger partial charge < -0.3 is 9.47 Å². The van der Waals surface area contributed by atoms with Crippen molar-refractivity contribution in [1.29, 1.82) is 0 Å². The SMILES string of the molecule is C#Cc1ccc(OC(CCCCC)OC(=O)/C=C/c2ccccc2)cc1. The molecule has 0 radical (unpaired) electrons. The lowest BCUT2D eigenvalue weighted by Gasteiger charge is -2.18. The zero-order valence-corrected chi connectivity index (χ0v) is 15.1. The van der Waals surface area contributed by atoms with Crippen molar-refractivity contribution in [3.8, 4) is 18.1 Å². The third-order valence-electron chi connectivity index (χ3n) is 3.79. The molecule has 2 rings (SSSR count). The van der Waals surface area contributed by atoms with Crippen LogP contribution < -0.4 is 4.74 Å². The predicted molar refractivity (Wildman–Crippen MR) is 105 cm³/mol. The summed E-state index contributed by atoms with van der Waals surface area (Å²) >= 11 is 0. The molecule has 3 nitrogen and oxygen atoms in total. The third kappa shape index (κ3) is 6.86. The summed E-state index contributed by atoms with van der Waals surface area (Å²) in [5.41, 5.74) is 1.72. The summed E-state index contributed by atoms with van der Waals surface area (Å²) in [6.45, 7) is 2.13. The average Bonchev–Trinajstić information content (AvgIpc) is 2.68. The molecule has 0 aliphatic heterocycles. The number of hydrogen-bond acceptors (Lipinski definition) is 3. The summed E-state index contributed by atoms with van der Waals surface area (Å²) < 4.78 is 11.3. The predicted octanol–water partition coefficient (Wildman–Crippen LogP) is 5.21. The Morgan fingerprint density at radius 3 is 2.50 bits per heavy atom. The van der Waals surface area contributed by atoms with Crippen molar-refractivity contribution in [2.45, 2.75) is 38.9 Å². The van der Waals surface area contributed by atoms with Gasteiger partial charge in [-0.15, -0.1) is 6.42 Å². The summed E-state index contributed by atoms with van der Waals surface area (Å²) in [6.07, 6.45) is 11.6. The number of carbonyl (C=O) groups is 1. The summed E-state index contributed by atoms with van der Waals surface area (Å²) in [5.74, 6) is 2.77. The molecule has 0 aliphatic rings. The van der Waals surface area contributed by atoms with E-state index < -0.39 is 12.3 Å². The van der Waals surface area contributed by atoms with E-state index in [0.29, 0.717) is 12.2 Å². The van der Waals surface area contributed by atoms with Crippen LogP contribution in [0.1, 0.15) is 43.7 Å². The van der Waals surface area contributed by atoms with Crippen molar-refractivity contribution >= 4 is 12.0 Å². The number of terminal acetylenes is 1. The number of hydrogen-bond donors (Lipinski definition) is 0. The fraction of sp³-hybridized carbons (Fsp3) is 0.261.